The van der Waals surface area contributed by atoms with E-state index in [-0.39, 0.29) is 5.82 Å². The van der Waals surface area contributed by atoms with Gasteiger partial charge in [-0.2, -0.15) is 0 Å². The molecule has 4 aromatic rings. The Labute approximate surface area is 158 Å². The van der Waals surface area contributed by atoms with Crippen LogP contribution < -0.4 is 0 Å². The SMILES string of the molecule is O=CC(c1ccc(F)cc1)c1sc2ncccc2c1-c1ccc(Cl)cc1. The second-order valence-electron chi connectivity index (χ2n) is 5.87. The van der Waals surface area contributed by atoms with E-state index in [2.05, 4.69) is 4.98 Å². The van der Waals surface area contributed by atoms with Gasteiger partial charge in [-0.25, -0.2) is 9.37 Å². The van der Waals surface area contributed by atoms with Crippen LogP contribution >= 0.6 is 22.9 Å². The van der Waals surface area contributed by atoms with Crippen LogP contribution in [0.2, 0.25) is 5.02 Å². The second kappa shape index (κ2) is 6.98. The zero-order valence-electron chi connectivity index (χ0n) is 13.5. The topological polar surface area (TPSA) is 30.0 Å². The zero-order valence-corrected chi connectivity index (χ0v) is 15.1. The van der Waals surface area contributed by atoms with Crippen LogP contribution in [0.3, 0.4) is 0 Å². The van der Waals surface area contributed by atoms with Crippen molar-refractivity contribution in [3.05, 3.63) is 88.1 Å². The molecule has 0 radical (unpaired) electrons. The van der Waals surface area contributed by atoms with Gasteiger partial charge in [-0.15, -0.1) is 11.3 Å². The van der Waals surface area contributed by atoms with Crippen molar-refractivity contribution in [2.45, 2.75) is 5.92 Å². The van der Waals surface area contributed by atoms with Crippen LogP contribution in [0, 0.1) is 5.82 Å². The summed E-state index contributed by atoms with van der Waals surface area (Å²) in [6.07, 6.45) is 2.64. The van der Waals surface area contributed by atoms with Crippen molar-refractivity contribution in [2.75, 3.05) is 0 Å². The van der Waals surface area contributed by atoms with Crippen molar-refractivity contribution in [1.29, 1.82) is 0 Å². The van der Waals surface area contributed by atoms with Gasteiger partial charge in [0.2, 0.25) is 0 Å². The summed E-state index contributed by atoms with van der Waals surface area (Å²) in [5.41, 5.74) is 2.69. The molecule has 2 nitrogen and oxygen atoms in total. The Morgan fingerprint density at radius 1 is 1.04 bits per heavy atom. The molecule has 0 aliphatic heterocycles. The van der Waals surface area contributed by atoms with Gasteiger partial charge in [0.1, 0.15) is 16.9 Å². The van der Waals surface area contributed by atoms with Crippen LogP contribution in [0.5, 0.6) is 0 Å². The molecule has 0 aliphatic carbocycles. The lowest BCUT2D eigenvalue weighted by Crippen LogP contribution is -2.02. The molecule has 2 aromatic carbocycles. The van der Waals surface area contributed by atoms with Crippen molar-refractivity contribution < 1.29 is 9.18 Å². The van der Waals surface area contributed by atoms with E-state index in [1.165, 1.54) is 23.5 Å². The molecule has 1 unspecified atom stereocenters. The van der Waals surface area contributed by atoms with E-state index in [0.29, 0.717) is 5.02 Å². The summed E-state index contributed by atoms with van der Waals surface area (Å²) in [5.74, 6) is -0.810. The number of hydrogen-bond donors (Lipinski definition) is 0. The number of aldehydes is 1. The largest absolute Gasteiger partial charge is 0.302 e. The van der Waals surface area contributed by atoms with Gasteiger partial charge in [0.15, 0.2) is 0 Å². The first-order valence-corrected chi connectivity index (χ1v) is 9.21. The molecule has 1 atom stereocenters. The molecule has 2 aromatic heterocycles. The Hall–Kier alpha value is -2.56. The summed E-state index contributed by atoms with van der Waals surface area (Å²) in [6.45, 7) is 0. The molecule has 26 heavy (non-hydrogen) atoms. The maximum absolute atomic E-state index is 13.3. The predicted molar refractivity (Wildman–Crippen MR) is 104 cm³/mol. The molecular weight excluding hydrogens is 369 g/mol. The highest BCUT2D eigenvalue weighted by Gasteiger charge is 2.23. The molecule has 0 saturated heterocycles. The molecule has 0 fully saturated rings. The quantitative estimate of drug-likeness (QED) is 0.400. The van der Waals surface area contributed by atoms with E-state index >= 15 is 0 Å². The summed E-state index contributed by atoms with van der Waals surface area (Å²) >= 11 is 7.52. The molecule has 0 aliphatic rings. The number of aromatic nitrogens is 1. The van der Waals surface area contributed by atoms with Gasteiger partial charge in [-0.05, 0) is 47.5 Å². The monoisotopic (exact) mass is 381 g/mol. The first-order valence-electron chi connectivity index (χ1n) is 8.01. The number of nitrogens with zero attached hydrogens (tertiary/aromatic N) is 1. The molecule has 4 rings (SSSR count). The Kier molecular flexibility index (Phi) is 4.53. The Balaban J connectivity index is 1.96. The third-order valence-corrected chi connectivity index (χ3v) is 5.72. The van der Waals surface area contributed by atoms with Crippen molar-refractivity contribution in [3.8, 4) is 11.1 Å². The van der Waals surface area contributed by atoms with Crippen LogP contribution in [0.25, 0.3) is 21.3 Å². The van der Waals surface area contributed by atoms with Gasteiger partial charge in [-0.3, -0.25) is 0 Å². The molecule has 0 saturated carbocycles. The molecule has 0 spiro atoms. The zero-order chi connectivity index (χ0) is 18.1. The average molecular weight is 382 g/mol. The molecule has 128 valence electrons. The summed E-state index contributed by atoms with van der Waals surface area (Å²) in [4.78, 5) is 18.2. The van der Waals surface area contributed by atoms with E-state index in [1.807, 2.05) is 36.4 Å². The number of halogens is 2. The highest BCUT2D eigenvalue weighted by molar-refractivity contribution is 7.19. The lowest BCUT2D eigenvalue weighted by molar-refractivity contribution is -0.108. The van der Waals surface area contributed by atoms with Crippen LogP contribution in [-0.4, -0.2) is 11.3 Å². The maximum atomic E-state index is 13.3. The Morgan fingerprint density at radius 3 is 2.46 bits per heavy atom. The predicted octanol–water partition coefficient (Wildman–Crippen LogP) is 6.09. The van der Waals surface area contributed by atoms with E-state index < -0.39 is 5.92 Å². The summed E-state index contributed by atoms with van der Waals surface area (Å²) in [7, 11) is 0. The standard InChI is InChI=1S/C21H13ClFNOS/c22-15-7-3-14(4-8-15)19-17-2-1-11-24-21(17)26-20(19)18(12-25)13-5-9-16(23)10-6-13/h1-12,18H. The van der Waals surface area contributed by atoms with Crippen molar-refractivity contribution in [3.63, 3.8) is 0 Å². The molecule has 0 N–H and O–H groups in total. The number of fused-ring (bicyclic) bond motifs is 1. The smallest absolute Gasteiger partial charge is 0.132 e. The fraction of sp³-hybridized carbons (Fsp3) is 0.0476. The second-order valence-corrected chi connectivity index (χ2v) is 7.34. The van der Waals surface area contributed by atoms with Gasteiger partial charge in [0.05, 0.1) is 5.92 Å². The molecule has 0 bridgehead atoms. The number of carbonyl (C=O) groups is 1. The number of thiophene rings is 1. The number of benzene rings is 2. The molecular formula is C21H13ClFNOS. The number of carbonyl (C=O) groups excluding carboxylic acids is 1. The minimum absolute atomic E-state index is 0.325. The summed E-state index contributed by atoms with van der Waals surface area (Å²) < 4.78 is 13.3. The van der Waals surface area contributed by atoms with Crippen molar-refractivity contribution >= 4 is 39.4 Å². The van der Waals surface area contributed by atoms with Crippen LogP contribution in [-0.2, 0) is 4.79 Å². The van der Waals surface area contributed by atoms with Crippen LogP contribution in [0.15, 0.2) is 66.9 Å². The lowest BCUT2D eigenvalue weighted by Gasteiger charge is -2.12. The van der Waals surface area contributed by atoms with Gasteiger partial charge < -0.3 is 4.79 Å². The van der Waals surface area contributed by atoms with Gasteiger partial charge in [0.25, 0.3) is 0 Å². The normalized spacial score (nSPS) is 12.2. The number of rotatable bonds is 4. The number of pyridine rings is 1. The Bertz CT molecular complexity index is 1070. The van der Waals surface area contributed by atoms with E-state index in [0.717, 1.165) is 38.1 Å². The van der Waals surface area contributed by atoms with Crippen LogP contribution in [0.1, 0.15) is 16.4 Å². The van der Waals surface area contributed by atoms with Crippen molar-refractivity contribution in [1.82, 2.24) is 4.98 Å². The fourth-order valence-electron chi connectivity index (χ4n) is 3.05. The number of hydrogen-bond acceptors (Lipinski definition) is 3. The van der Waals surface area contributed by atoms with Gasteiger partial charge in [0, 0.05) is 27.0 Å². The minimum Gasteiger partial charge on any atom is -0.302 e. The summed E-state index contributed by atoms with van der Waals surface area (Å²) in [5, 5.41) is 1.64. The summed E-state index contributed by atoms with van der Waals surface area (Å²) in [6, 6.07) is 17.5. The van der Waals surface area contributed by atoms with Gasteiger partial charge in [-0.1, -0.05) is 35.9 Å². The average Bonchev–Trinajstić information content (AvgIpc) is 3.04. The molecule has 5 heteroatoms. The lowest BCUT2D eigenvalue weighted by atomic mass is 9.92. The first kappa shape index (κ1) is 16.9. The van der Waals surface area contributed by atoms with Gasteiger partial charge >= 0.3 is 0 Å². The molecule has 0 amide bonds. The van der Waals surface area contributed by atoms with E-state index in [4.69, 9.17) is 11.6 Å². The molecule has 2 heterocycles. The van der Waals surface area contributed by atoms with Crippen molar-refractivity contribution in [2.24, 2.45) is 0 Å². The Morgan fingerprint density at radius 2 is 1.77 bits per heavy atom. The van der Waals surface area contributed by atoms with E-state index in [1.54, 1.807) is 18.3 Å². The minimum atomic E-state index is -0.486. The third kappa shape index (κ3) is 3.02. The van der Waals surface area contributed by atoms with Crippen LogP contribution in [0.4, 0.5) is 4.39 Å². The highest BCUT2D eigenvalue weighted by Crippen LogP contribution is 2.43. The fourth-order valence-corrected chi connectivity index (χ4v) is 4.42. The first-order chi connectivity index (χ1) is 12.7. The maximum Gasteiger partial charge on any atom is 0.132 e. The highest BCUT2D eigenvalue weighted by atomic mass is 35.5. The third-order valence-electron chi connectivity index (χ3n) is 4.27. The van der Waals surface area contributed by atoms with E-state index in [9.17, 15) is 9.18 Å².